The number of carbonyl (C=O) groups excluding carboxylic acids is 1. The van der Waals surface area contributed by atoms with Gasteiger partial charge in [0.05, 0.1) is 29.1 Å². The van der Waals surface area contributed by atoms with Gasteiger partial charge in [-0.2, -0.15) is 18.3 Å². The molecule has 10 heteroatoms. The van der Waals surface area contributed by atoms with Gasteiger partial charge in [0.25, 0.3) is 0 Å². The Balaban J connectivity index is 1.49. The largest absolute Gasteiger partial charge is 0.483 e. The van der Waals surface area contributed by atoms with Crippen molar-refractivity contribution in [1.82, 2.24) is 9.78 Å². The lowest BCUT2D eigenvalue weighted by Crippen LogP contribution is -2.45. The standard InChI is InChI=1S/C24H16F5N3O2/c1-13-22(19-11-16(26)4-8-21(19)31(13)23(33)24(27,28)29)34-18-7-9-20-14(10-18)12-30-32(20)17-5-2-15(25)3-6-17/h2-13,22H,1H3/t13-,22-/m0/s1. The molecule has 0 radical (unpaired) electrons. The van der Waals surface area contributed by atoms with E-state index in [1.165, 1.54) is 19.1 Å². The van der Waals surface area contributed by atoms with E-state index in [0.717, 1.165) is 18.2 Å². The molecular formula is C24H16F5N3O2. The van der Waals surface area contributed by atoms with Gasteiger partial charge in [0, 0.05) is 10.9 Å². The fourth-order valence-corrected chi connectivity index (χ4v) is 4.20. The van der Waals surface area contributed by atoms with Gasteiger partial charge in [-0.1, -0.05) is 0 Å². The Kier molecular flexibility index (Phi) is 5.03. The highest BCUT2D eigenvalue weighted by molar-refractivity contribution is 6.00. The van der Waals surface area contributed by atoms with Crippen LogP contribution in [0, 0.1) is 11.6 Å². The molecular weight excluding hydrogens is 457 g/mol. The highest BCUT2D eigenvalue weighted by Gasteiger charge is 2.50. The Morgan fingerprint density at radius 2 is 1.68 bits per heavy atom. The van der Waals surface area contributed by atoms with Crippen molar-refractivity contribution in [2.75, 3.05) is 4.90 Å². The van der Waals surface area contributed by atoms with E-state index in [-0.39, 0.29) is 17.1 Å². The summed E-state index contributed by atoms with van der Waals surface area (Å²) in [5, 5.41) is 4.97. The molecule has 0 spiro atoms. The number of hydrogen-bond donors (Lipinski definition) is 0. The lowest BCUT2D eigenvalue weighted by molar-refractivity contribution is -0.171. The summed E-state index contributed by atoms with van der Waals surface area (Å²) in [5.41, 5.74) is 1.43. The molecule has 4 aromatic rings. The molecule has 0 fully saturated rings. The number of hydrogen-bond acceptors (Lipinski definition) is 3. The average molecular weight is 473 g/mol. The van der Waals surface area contributed by atoms with Gasteiger partial charge < -0.3 is 4.74 Å². The minimum atomic E-state index is -5.09. The first-order valence-corrected chi connectivity index (χ1v) is 10.2. The minimum Gasteiger partial charge on any atom is -0.483 e. The molecule has 1 aromatic heterocycles. The lowest BCUT2D eigenvalue weighted by Gasteiger charge is -2.26. The SMILES string of the molecule is C[C@H]1[C@H](Oc2ccc3c(cnn3-c3ccc(F)cc3)c2)c2cc(F)ccc2N1C(=O)C(F)(F)F. The second kappa shape index (κ2) is 7.82. The monoisotopic (exact) mass is 473 g/mol. The van der Waals surface area contributed by atoms with Crippen LogP contribution in [-0.4, -0.2) is 27.9 Å². The van der Waals surface area contributed by atoms with Crippen LogP contribution in [0.4, 0.5) is 27.6 Å². The number of amides is 1. The molecule has 0 unspecified atom stereocenters. The first-order valence-electron chi connectivity index (χ1n) is 10.2. The number of alkyl halides is 3. The second-order valence-corrected chi connectivity index (χ2v) is 7.91. The number of aromatic nitrogens is 2. The quantitative estimate of drug-likeness (QED) is 0.358. The molecule has 0 N–H and O–H groups in total. The van der Waals surface area contributed by atoms with E-state index in [1.807, 2.05) is 0 Å². The summed E-state index contributed by atoms with van der Waals surface area (Å²) in [5.74, 6) is -2.78. The number of nitrogens with zero attached hydrogens (tertiary/aromatic N) is 3. The van der Waals surface area contributed by atoms with Crippen molar-refractivity contribution >= 4 is 22.5 Å². The molecule has 2 atom stereocenters. The van der Waals surface area contributed by atoms with Crippen molar-refractivity contribution in [3.63, 3.8) is 0 Å². The van der Waals surface area contributed by atoms with Crippen LogP contribution >= 0.6 is 0 Å². The smallest absolute Gasteiger partial charge is 0.471 e. The Hall–Kier alpha value is -3.95. The van der Waals surface area contributed by atoms with E-state index in [1.54, 1.807) is 41.2 Å². The third-order valence-electron chi connectivity index (χ3n) is 5.74. The van der Waals surface area contributed by atoms with Crippen molar-refractivity contribution in [3.8, 4) is 11.4 Å². The zero-order valence-electron chi connectivity index (χ0n) is 17.6. The fraction of sp³-hybridized carbons (Fsp3) is 0.167. The lowest BCUT2D eigenvalue weighted by atomic mass is 10.1. The molecule has 174 valence electrons. The summed E-state index contributed by atoms with van der Waals surface area (Å²) < 4.78 is 74.4. The van der Waals surface area contributed by atoms with Crippen LogP contribution in [0.25, 0.3) is 16.6 Å². The van der Waals surface area contributed by atoms with Crippen LogP contribution in [0.2, 0.25) is 0 Å². The average Bonchev–Trinajstić information content (AvgIpc) is 3.32. The number of halogens is 5. The maximum atomic E-state index is 13.9. The van der Waals surface area contributed by atoms with E-state index in [0.29, 0.717) is 27.2 Å². The van der Waals surface area contributed by atoms with Crippen molar-refractivity contribution < 1.29 is 31.5 Å². The van der Waals surface area contributed by atoms with Gasteiger partial charge in [0.15, 0.2) is 0 Å². The summed E-state index contributed by atoms with van der Waals surface area (Å²) in [7, 11) is 0. The Morgan fingerprint density at radius 1 is 0.971 bits per heavy atom. The highest BCUT2D eigenvalue weighted by Crippen LogP contribution is 2.44. The first-order chi connectivity index (χ1) is 16.1. The number of rotatable bonds is 3. The van der Waals surface area contributed by atoms with Crippen LogP contribution in [0.5, 0.6) is 5.75 Å². The first kappa shape index (κ1) is 21.9. The molecule has 0 aliphatic carbocycles. The molecule has 2 heterocycles. The molecule has 0 bridgehead atoms. The van der Waals surface area contributed by atoms with Gasteiger partial charge in [-0.15, -0.1) is 0 Å². The zero-order valence-corrected chi connectivity index (χ0v) is 17.6. The third-order valence-corrected chi connectivity index (χ3v) is 5.74. The Morgan fingerprint density at radius 3 is 2.38 bits per heavy atom. The van der Waals surface area contributed by atoms with Crippen molar-refractivity contribution in [2.24, 2.45) is 0 Å². The Bertz CT molecular complexity index is 1400. The second-order valence-electron chi connectivity index (χ2n) is 7.91. The fourth-order valence-electron chi connectivity index (χ4n) is 4.20. The number of ether oxygens (including phenoxy) is 1. The van der Waals surface area contributed by atoms with Gasteiger partial charge in [0.1, 0.15) is 23.5 Å². The van der Waals surface area contributed by atoms with E-state index in [2.05, 4.69) is 5.10 Å². The van der Waals surface area contributed by atoms with E-state index < -0.39 is 30.0 Å². The molecule has 34 heavy (non-hydrogen) atoms. The van der Waals surface area contributed by atoms with Crippen LogP contribution in [0.3, 0.4) is 0 Å². The summed E-state index contributed by atoms with van der Waals surface area (Å²) >= 11 is 0. The van der Waals surface area contributed by atoms with Crippen molar-refractivity contribution in [3.05, 3.63) is 84.1 Å². The predicted molar refractivity (Wildman–Crippen MR) is 114 cm³/mol. The van der Waals surface area contributed by atoms with Crippen molar-refractivity contribution in [2.45, 2.75) is 25.2 Å². The van der Waals surface area contributed by atoms with Gasteiger partial charge in [-0.25, -0.2) is 13.5 Å². The van der Waals surface area contributed by atoms with Crippen molar-refractivity contribution in [1.29, 1.82) is 0 Å². The van der Waals surface area contributed by atoms with Crippen LogP contribution in [-0.2, 0) is 4.79 Å². The summed E-state index contributed by atoms with van der Waals surface area (Å²) in [4.78, 5) is 12.7. The third kappa shape index (κ3) is 3.64. The van der Waals surface area contributed by atoms with E-state index in [4.69, 9.17) is 4.74 Å². The van der Waals surface area contributed by atoms with Gasteiger partial charge >= 0.3 is 12.1 Å². The number of benzene rings is 3. The van der Waals surface area contributed by atoms with Crippen LogP contribution in [0.1, 0.15) is 18.6 Å². The predicted octanol–water partition coefficient (Wildman–Crippen LogP) is 5.72. The maximum Gasteiger partial charge on any atom is 0.471 e. The van der Waals surface area contributed by atoms with Gasteiger partial charge in [0.2, 0.25) is 0 Å². The maximum absolute atomic E-state index is 13.9. The van der Waals surface area contributed by atoms with Crippen LogP contribution in [0.15, 0.2) is 66.9 Å². The van der Waals surface area contributed by atoms with E-state index in [9.17, 15) is 26.7 Å². The molecule has 5 nitrogen and oxygen atoms in total. The van der Waals surface area contributed by atoms with Crippen LogP contribution < -0.4 is 9.64 Å². The summed E-state index contributed by atoms with van der Waals surface area (Å²) in [6.45, 7) is 1.41. The van der Waals surface area contributed by atoms with Gasteiger partial charge in [-0.05, 0) is 67.6 Å². The molecule has 3 aromatic carbocycles. The zero-order chi connectivity index (χ0) is 24.2. The Labute approximate surface area is 190 Å². The summed E-state index contributed by atoms with van der Waals surface area (Å²) in [6, 6.07) is 12.9. The topological polar surface area (TPSA) is 47.4 Å². The van der Waals surface area contributed by atoms with E-state index >= 15 is 0 Å². The molecule has 0 saturated carbocycles. The highest BCUT2D eigenvalue weighted by atomic mass is 19.4. The summed E-state index contributed by atoms with van der Waals surface area (Å²) in [6.07, 6.45) is -4.55. The molecule has 1 aliphatic heterocycles. The van der Waals surface area contributed by atoms with Gasteiger partial charge in [-0.3, -0.25) is 9.69 Å². The molecule has 0 saturated heterocycles. The normalized spacial score (nSPS) is 17.8. The molecule has 1 amide bonds. The number of carbonyl (C=O) groups is 1. The molecule has 5 rings (SSSR count). The number of anilines is 1. The molecule has 1 aliphatic rings. The minimum absolute atomic E-state index is 0.0496. The number of fused-ring (bicyclic) bond motifs is 2.